The number of aryl methyl sites for hydroxylation is 2. The molecule has 7 nitrogen and oxygen atoms in total. The summed E-state index contributed by atoms with van der Waals surface area (Å²) in [5.41, 5.74) is 0.588. The highest BCUT2D eigenvalue weighted by atomic mass is 32.2. The van der Waals surface area contributed by atoms with Gasteiger partial charge >= 0.3 is 0 Å². The minimum atomic E-state index is -3.68. The Morgan fingerprint density at radius 1 is 1.21 bits per heavy atom. The maximum absolute atomic E-state index is 12.4. The number of hydrogen-bond acceptors (Lipinski definition) is 5. The van der Waals surface area contributed by atoms with Gasteiger partial charge in [-0.15, -0.1) is 0 Å². The monoisotopic (exact) mass is 351 g/mol. The molecule has 0 aliphatic carbocycles. The van der Waals surface area contributed by atoms with Crippen molar-refractivity contribution < 1.29 is 17.7 Å². The molecule has 0 aliphatic rings. The number of nitrogens with zero attached hydrogens (tertiary/aromatic N) is 1. The lowest BCUT2D eigenvalue weighted by molar-refractivity contribution is 0.102. The number of sulfonamides is 1. The van der Waals surface area contributed by atoms with Gasteiger partial charge in [-0.2, -0.15) is 0 Å². The van der Waals surface area contributed by atoms with E-state index in [-0.39, 0.29) is 4.90 Å². The Morgan fingerprint density at radius 3 is 2.42 bits per heavy atom. The van der Waals surface area contributed by atoms with Gasteiger partial charge in [0.25, 0.3) is 5.91 Å². The number of aromatic nitrogens is 1. The van der Waals surface area contributed by atoms with Crippen LogP contribution >= 0.6 is 0 Å². The van der Waals surface area contributed by atoms with Gasteiger partial charge in [-0.25, -0.2) is 13.1 Å². The molecule has 0 fully saturated rings. The lowest BCUT2D eigenvalue weighted by Crippen LogP contribution is -2.40. The van der Waals surface area contributed by atoms with E-state index in [1.54, 1.807) is 46.8 Å². The quantitative estimate of drug-likeness (QED) is 0.882. The lowest BCUT2D eigenvalue weighted by Gasteiger charge is -2.20. The SMILES string of the molecule is Cc1noc(C)c1C(=O)Nc1cccc(S(=O)(=O)NC(C)(C)C)c1. The van der Waals surface area contributed by atoms with E-state index in [1.165, 1.54) is 12.1 Å². The van der Waals surface area contributed by atoms with Crippen LogP contribution < -0.4 is 10.0 Å². The minimum absolute atomic E-state index is 0.0778. The molecule has 0 atom stereocenters. The normalized spacial score (nSPS) is 12.2. The fourth-order valence-corrected chi connectivity index (χ4v) is 3.67. The van der Waals surface area contributed by atoms with Crippen molar-refractivity contribution in [2.45, 2.75) is 45.1 Å². The summed E-state index contributed by atoms with van der Waals surface area (Å²) in [6.07, 6.45) is 0. The molecule has 8 heteroatoms. The van der Waals surface area contributed by atoms with Gasteiger partial charge in [0.05, 0.1) is 10.6 Å². The zero-order valence-electron chi connectivity index (χ0n) is 14.3. The van der Waals surface area contributed by atoms with Crippen LogP contribution in [0, 0.1) is 13.8 Å². The summed E-state index contributed by atoms with van der Waals surface area (Å²) in [6.45, 7) is 8.58. The van der Waals surface area contributed by atoms with Gasteiger partial charge in [-0.1, -0.05) is 11.2 Å². The Balaban J connectivity index is 2.27. The number of nitrogens with one attached hydrogen (secondary N) is 2. The first-order chi connectivity index (χ1) is 11.0. The second kappa shape index (κ2) is 6.37. The number of anilines is 1. The second-order valence-electron chi connectivity index (χ2n) is 6.54. The number of hydrogen-bond donors (Lipinski definition) is 2. The molecule has 2 aromatic rings. The molecule has 1 aromatic heterocycles. The molecule has 2 N–H and O–H groups in total. The van der Waals surface area contributed by atoms with E-state index in [4.69, 9.17) is 4.52 Å². The van der Waals surface area contributed by atoms with Crippen LogP contribution in [0.25, 0.3) is 0 Å². The van der Waals surface area contributed by atoms with E-state index in [2.05, 4.69) is 15.2 Å². The van der Waals surface area contributed by atoms with Gasteiger partial charge in [0.2, 0.25) is 10.0 Å². The van der Waals surface area contributed by atoms with Gasteiger partial charge in [0, 0.05) is 11.2 Å². The average Bonchev–Trinajstić information content (AvgIpc) is 2.76. The van der Waals surface area contributed by atoms with Crippen LogP contribution in [0.2, 0.25) is 0 Å². The largest absolute Gasteiger partial charge is 0.361 e. The van der Waals surface area contributed by atoms with Crippen molar-refractivity contribution in [1.29, 1.82) is 0 Å². The molecule has 24 heavy (non-hydrogen) atoms. The van der Waals surface area contributed by atoms with Crippen LogP contribution in [0.3, 0.4) is 0 Å². The molecule has 0 spiro atoms. The first kappa shape index (κ1) is 18.2. The van der Waals surface area contributed by atoms with Crippen LogP contribution in [0.5, 0.6) is 0 Å². The molecule has 1 heterocycles. The van der Waals surface area contributed by atoms with Gasteiger partial charge in [0.15, 0.2) is 0 Å². The molecule has 0 unspecified atom stereocenters. The highest BCUT2D eigenvalue weighted by Gasteiger charge is 2.23. The first-order valence-corrected chi connectivity index (χ1v) is 8.86. The zero-order valence-corrected chi connectivity index (χ0v) is 15.1. The standard InChI is InChI=1S/C16H21N3O4S/c1-10-14(11(2)23-18-10)15(20)17-12-7-6-8-13(9-12)24(21,22)19-16(3,4)5/h6-9,19H,1-5H3,(H,17,20). The summed E-state index contributed by atoms with van der Waals surface area (Å²) in [5.74, 6) is 0.00718. The van der Waals surface area contributed by atoms with Crippen molar-refractivity contribution in [2.24, 2.45) is 0 Å². The van der Waals surface area contributed by atoms with Crippen molar-refractivity contribution in [2.75, 3.05) is 5.32 Å². The first-order valence-electron chi connectivity index (χ1n) is 7.38. The van der Waals surface area contributed by atoms with Crippen molar-refractivity contribution >= 4 is 21.6 Å². The summed E-state index contributed by atoms with van der Waals surface area (Å²) in [4.78, 5) is 12.4. The minimum Gasteiger partial charge on any atom is -0.361 e. The molecule has 2 rings (SSSR count). The highest BCUT2D eigenvalue weighted by molar-refractivity contribution is 7.89. The van der Waals surface area contributed by atoms with Crippen LogP contribution in [0.15, 0.2) is 33.7 Å². The predicted octanol–water partition coefficient (Wildman–Crippen LogP) is 2.62. The van der Waals surface area contributed by atoms with E-state index in [0.717, 1.165) is 0 Å². The molecule has 1 amide bonds. The molecule has 0 saturated carbocycles. The van der Waals surface area contributed by atoms with Gasteiger partial charge in [-0.05, 0) is 52.8 Å². The van der Waals surface area contributed by atoms with E-state index in [1.807, 2.05) is 0 Å². The summed E-state index contributed by atoms with van der Waals surface area (Å²) < 4.78 is 32.3. The third kappa shape index (κ3) is 4.21. The molecule has 0 bridgehead atoms. The molecule has 1 aromatic carbocycles. The number of carbonyl (C=O) groups excluding carboxylic acids is 1. The Bertz CT molecular complexity index is 844. The van der Waals surface area contributed by atoms with Gasteiger partial charge in [-0.3, -0.25) is 4.79 Å². The lowest BCUT2D eigenvalue weighted by atomic mass is 10.1. The molecule has 0 saturated heterocycles. The van der Waals surface area contributed by atoms with Crippen LogP contribution in [-0.4, -0.2) is 25.0 Å². The van der Waals surface area contributed by atoms with E-state index in [9.17, 15) is 13.2 Å². The maximum atomic E-state index is 12.4. The van der Waals surface area contributed by atoms with Gasteiger partial charge in [0.1, 0.15) is 11.3 Å². The molecular formula is C16H21N3O4S. The summed E-state index contributed by atoms with van der Waals surface area (Å²) in [5, 5.41) is 6.40. The number of rotatable bonds is 4. The summed E-state index contributed by atoms with van der Waals surface area (Å²) in [6, 6.07) is 6.07. The van der Waals surface area contributed by atoms with E-state index < -0.39 is 21.5 Å². The van der Waals surface area contributed by atoms with Crippen molar-refractivity contribution in [1.82, 2.24) is 9.88 Å². The Morgan fingerprint density at radius 2 is 1.88 bits per heavy atom. The molecule has 0 radical (unpaired) electrons. The molecule has 0 aliphatic heterocycles. The van der Waals surface area contributed by atoms with E-state index in [0.29, 0.717) is 22.7 Å². The smallest absolute Gasteiger partial charge is 0.261 e. The number of amides is 1. The van der Waals surface area contributed by atoms with Crippen molar-refractivity contribution in [3.63, 3.8) is 0 Å². The number of benzene rings is 1. The van der Waals surface area contributed by atoms with Crippen molar-refractivity contribution in [3.05, 3.63) is 41.3 Å². The number of carbonyl (C=O) groups is 1. The zero-order chi connectivity index (χ0) is 18.1. The Hall–Kier alpha value is -2.19. The maximum Gasteiger partial charge on any atom is 0.261 e. The molecular weight excluding hydrogens is 330 g/mol. The third-order valence-electron chi connectivity index (χ3n) is 3.10. The predicted molar refractivity (Wildman–Crippen MR) is 90.4 cm³/mol. The average molecular weight is 351 g/mol. The molecule has 130 valence electrons. The van der Waals surface area contributed by atoms with Crippen LogP contribution in [0.4, 0.5) is 5.69 Å². The Kier molecular flexibility index (Phi) is 4.82. The Labute approximate surface area is 141 Å². The summed E-state index contributed by atoms with van der Waals surface area (Å²) >= 11 is 0. The second-order valence-corrected chi connectivity index (χ2v) is 8.22. The van der Waals surface area contributed by atoms with Gasteiger partial charge < -0.3 is 9.84 Å². The third-order valence-corrected chi connectivity index (χ3v) is 4.86. The van der Waals surface area contributed by atoms with Crippen LogP contribution in [-0.2, 0) is 10.0 Å². The van der Waals surface area contributed by atoms with E-state index >= 15 is 0 Å². The summed E-state index contributed by atoms with van der Waals surface area (Å²) in [7, 11) is -3.68. The fraction of sp³-hybridized carbons (Fsp3) is 0.375. The highest BCUT2D eigenvalue weighted by Crippen LogP contribution is 2.19. The topological polar surface area (TPSA) is 101 Å². The van der Waals surface area contributed by atoms with Crippen molar-refractivity contribution in [3.8, 4) is 0 Å². The van der Waals surface area contributed by atoms with Crippen LogP contribution in [0.1, 0.15) is 42.6 Å². The fourth-order valence-electron chi connectivity index (χ4n) is 2.20.